The van der Waals surface area contributed by atoms with Crippen LogP contribution in [0.4, 0.5) is 0 Å². The van der Waals surface area contributed by atoms with Crippen molar-refractivity contribution in [2.24, 2.45) is 0 Å². The Morgan fingerprint density at radius 3 is 2.38 bits per heavy atom. The summed E-state index contributed by atoms with van der Waals surface area (Å²) in [6.07, 6.45) is -0.345. The van der Waals surface area contributed by atoms with Crippen molar-refractivity contribution in [3.63, 3.8) is 0 Å². The van der Waals surface area contributed by atoms with E-state index in [1.807, 2.05) is 37.3 Å². The number of hydrogen-bond donors (Lipinski definition) is 1. The molecule has 1 rings (SSSR count). The number of benzene rings is 1. The van der Waals surface area contributed by atoms with E-state index >= 15 is 0 Å². The standard InChI is InChI=1S/C11H16O2/c1-9(12)8-13-10(2)11-6-4-3-5-7-11/h3-7,9-10,12H,8H2,1-2H3/t9-,10-/m0/s1. The number of rotatable bonds is 4. The van der Waals surface area contributed by atoms with Crippen molar-refractivity contribution in [2.45, 2.75) is 26.1 Å². The number of aliphatic hydroxyl groups is 1. The molecule has 72 valence electrons. The summed E-state index contributed by atoms with van der Waals surface area (Å²) < 4.78 is 5.44. The molecule has 1 N–H and O–H groups in total. The van der Waals surface area contributed by atoms with Crippen molar-refractivity contribution in [1.82, 2.24) is 0 Å². The molecule has 0 saturated heterocycles. The van der Waals surface area contributed by atoms with Crippen LogP contribution in [0.25, 0.3) is 0 Å². The zero-order valence-corrected chi connectivity index (χ0v) is 8.10. The highest BCUT2D eigenvalue weighted by molar-refractivity contribution is 5.16. The van der Waals surface area contributed by atoms with Crippen LogP contribution < -0.4 is 0 Å². The van der Waals surface area contributed by atoms with Gasteiger partial charge in [0.2, 0.25) is 0 Å². The molecule has 2 nitrogen and oxygen atoms in total. The molecule has 2 atom stereocenters. The molecule has 1 aromatic rings. The normalized spacial score (nSPS) is 15.3. The lowest BCUT2D eigenvalue weighted by Gasteiger charge is -2.14. The molecule has 0 heterocycles. The van der Waals surface area contributed by atoms with Crippen LogP contribution in [-0.4, -0.2) is 17.8 Å². The van der Waals surface area contributed by atoms with Crippen LogP contribution in [0.2, 0.25) is 0 Å². The van der Waals surface area contributed by atoms with E-state index in [9.17, 15) is 0 Å². The maximum atomic E-state index is 9.02. The van der Waals surface area contributed by atoms with Crippen molar-refractivity contribution in [3.8, 4) is 0 Å². The number of ether oxygens (including phenoxy) is 1. The monoisotopic (exact) mass is 180 g/mol. The third-order valence-corrected chi connectivity index (χ3v) is 1.86. The molecule has 0 unspecified atom stereocenters. The lowest BCUT2D eigenvalue weighted by atomic mass is 10.1. The van der Waals surface area contributed by atoms with Crippen LogP contribution in [0, 0.1) is 0 Å². The van der Waals surface area contributed by atoms with Crippen molar-refractivity contribution in [2.75, 3.05) is 6.61 Å². The minimum absolute atomic E-state index is 0.0517. The van der Waals surface area contributed by atoms with Gasteiger partial charge >= 0.3 is 0 Å². The fourth-order valence-corrected chi connectivity index (χ4v) is 1.10. The van der Waals surface area contributed by atoms with Gasteiger partial charge in [0.05, 0.1) is 18.8 Å². The molecule has 0 radical (unpaired) electrons. The molecule has 0 saturated carbocycles. The molecule has 2 heteroatoms. The predicted molar refractivity (Wildman–Crippen MR) is 52.5 cm³/mol. The van der Waals surface area contributed by atoms with E-state index in [0.717, 1.165) is 5.56 Å². The molecule has 0 aliphatic carbocycles. The molecule has 1 aromatic carbocycles. The Bertz CT molecular complexity index is 231. The Morgan fingerprint density at radius 1 is 1.23 bits per heavy atom. The third-order valence-electron chi connectivity index (χ3n) is 1.86. The van der Waals surface area contributed by atoms with Crippen LogP contribution in [-0.2, 0) is 4.74 Å². The summed E-state index contributed by atoms with van der Waals surface area (Å²) in [5.41, 5.74) is 1.14. The van der Waals surface area contributed by atoms with Crippen LogP contribution in [0.1, 0.15) is 25.5 Å². The summed E-state index contributed by atoms with van der Waals surface area (Å²) in [6.45, 7) is 4.09. The highest BCUT2D eigenvalue weighted by atomic mass is 16.5. The fourth-order valence-electron chi connectivity index (χ4n) is 1.10. The topological polar surface area (TPSA) is 29.5 Å². The molecule has 0 fully saturated rings. The van der Waals surface area contributed by atoms with Gasteiger partial charge in [-0.1, -0.05) is 30.3 Å². The van der Waals surface area contributed by atoms with Gasteiger partial charge in [-0.25, -0.2) is 0 Å². The number of aliphatic hydroxyl groups excluding tert-OH is 1. The molecule has 0 aliphatic rings. The van der Waals surface area contributed by atoms with Gasteiger partial charge in [0.25, 0.3) is 0 Å². The maximum Gasteiger partial charge on any atom is 0.0798 e. The SMILES string of the molecule is C[C@H](O)CO[C@@H](C)c1ccccc1. The minimum Gasteiger partial charge on any atom is -0.391 e. The van der Waals surface area contributed by atoms with Gasteiger partial charge in [-0.3, -0.25) is 0 Å². The summed E-state index contributed by atoms with van der Waals surface area (Å²) in [4.78, 5) is 0. The first kappa shape index (κ1) is 10.2. The van der Waals surface area contributed by atoms with Crippen LogP contribution in [0.5, 0.6) is 0 Å². The molecule has 0 bridgehead atoms. The van der Waals surface area contributed by atoms with Crippen molar-refractivity contribution < 1.29 is 9.84 Å². The highest BCUT2D eigenvalue weighted by Gasteiger charge is 2.05. The van der Waals surface area contributed by atoms with E-state index in [4.69, 9.17) is 9.84 Å². The van der Waals surface area contributed by atoms with Gasteiger partial charge in [0.1, 0.15) is 0 Å². The zero-order valence-electron chi connectivity index (χ0n) is 8.10. The molecule has 13 heavy (non-hydrogen) atoms. The largest absolute Gasteiger partial charge is 0.391 e. The van der Waals surface area contributed by atoms with Crippen molar-refractivity contribution in [1.29, 1.82) is 0 Å². The Labute approximate surface area is 79.2 Å². The van der Waals surface area contributed by atoms with Crippen molar-refractivity contribution >= 4 is 0 Å². The van der Waals surface area contributed by atoms with E-state index in [2.05, 4.69) is 0 Å². The first-order chi connectivity index (χ1) is 6.20. The Kier molecular flexibility index (Phi) is 3.93. The smallest absolute Gasteiger partial charge is 0.0798 e. The molecule has 0 amide bonds. The van der Waals surface area contributed by atoms with Crippen LogP contribution in [0.3, 0.4) is 0 Å². The fraction of sp³-hybridized carbons (Fsp3) is 0.455. The lowest BCUT2D eigenvalue weighted by Crippen LogP contribution is -2.12. The van der Waals surface area contributed by atoms with Crippen LogP contribution >= 0.6 is 0 Å². The molecule has 0 aliphatic heterocycles. The summed E-state index contributed by atoms with van der Waals surface area (Å²) in [7, 11) is 0. The van der Waals surface area contributed by atoms with E-state index in [1.165, 1.54) is 0 Å². The third kappa shape index (κ3) is 3.57. The summed E-state index contributed by atoms with van der Waals surface area (Å²) in [5, 5.41) is 9.02. The van der Waals surface area contributed by atoms with Gasteiger partial charge < -0.3 is 9.84 Å². The van der Waals surface area contributed by atoms with Gasteiger partial charge in [-0.2, -0.15) is 0 Å². The average molecular weight is 180 g/mol. The van der Waals surface area contributed by atoms with Crippen LogP contribution in [0.15, 0.2) is 30.3 Å². The van der Waals surface area contributed by atoms with Gasteiger partial charge in [-0.05, 0) is 19.4 Å². The summed E-state index contributed by atoms with van der Waals surface area (Å²) >= 11 is 0. The van der Waals surface area contributed by atoms with Crippen molar-refractivity contribution in [3.05, 3.63) is 35.9 Å². The first-order valence-electron chi connectivity index (χ1n) is 4.54. The highest BCUT2D eigenvalue weighted by Crippen LogP contribution is 2.15. The second kappa shape index (κ2) is 5.00. The van der Waals surface area contributed by atoms with Gasteiger partial charge in [-0.15, -0.1) is 0 Å². The van der Waals surface area contributed by atoms with E-state index in [1.54, 1.807) is 6.92 Å². The second-order valence-corrected chi connectivity index (χ2v) is 3.24. The molecular formula is C11H16O2. The molecule has 0 spiro atoms. The average Bonchev–Trinajstić information content (AvgIpc) is 2.15. The molecular weight excluding hydrogens is 164 g/mol. The van der Waals surface area contributed by atoms with E-state index < -0.39 is 6.10 Å². The minimum atomic E-state index is -0.397. The quantitative estimate of drug-likeness (QED) is 0.769. The zero-order chi connectivity index (χ0) is 9.68. The number of hydrogen-bond acceptors (Lipinski definition) is 2. The lowest BCUT2D eigenvalue weighted by molar-refractivity contribution is 0.00449. The summed E-state index contributed by atoms with van der Waals surface area (Å²) in [5.74, 6) is 0. The van der Waals surface area contributed by atoms with E-state index in [-0.39, 0.29) is 6.10 Å². The second-order valence-electron chi connectivity index (χ2n) is 3.24. The Hall–Kier alpha value is -0.860. The maximum absolute atomic E-state index is 9.02. The Morgan fingerprint density at radius 2 is 1.85 bits per heavy atom. The summed E-state index contributed by atoms with van der Waals surface area (Å²) in [6, 6.07) is 9.99. The van der Waals surface area contributed by atoms with Gasteiger partial charge in [0.15, 0.2) is 0 Å². The first-order valence-corrected chi connectivity index (χ1v) is 4.54. The predicted octanol–water partition coefficient (Wildman–Crippen LogP) is 2.14. The Balaban J connectivity index is 2.44. The molecule has 0 aromatic heterocycles. The van der Waals surface area contributed by atoms with E-state index in [0.29, 0.717) is 6.61 Å². The van der Waals surface area contributed by atoms with Gasteiger partial charge in [0, 0.05) is 0 Å².